The molecule has 2 aromatic heterocycles. The van der Waals surface area contributed by atoms with E-state index < -0.39 is 16.1 Å². The van der Waals surface area contributed by atoms with Gasteiger partial charge in [0, 0.05) is 51.8 Å². The van der Waals surface area contributed by atoms with Gasteiger partial charge in [-0.1, -0.05) is 6.42 Å². The Balaban J connectivity index is 1.50. The smallest absolute Gasteiger partial charge is 0.246 e. The average molecular weight is 420 g/mol. The molecule has 0 saturated carbocycles. The quantitative estimate of drug-likeness (QED) is 0.796. The maximum atomic E-state index is 13.2. The Labute approximate surface area is 172 Å². The van der Waals surface area contributed by atoms with E-state index in [4.69, 9.17) is 0 Å². The summed E-state index contributed by atoms with van der Waals surface area (Å²) in [6.07, 6.45) is 8.98. The zero-order valence-electron chi connectivity index (χ0n) is 16.8. The Morgan fingerprint density at radius 1 is 1.07 bits per heavy atom. The van der Waals surface area contributed by atoms with Crippen molar-refractivity contribution in [1.29, 1.82) is 0 Å². The van der Waals surface area contributed by atoms with Gasteiger partial charge in [0.25, 0.3) is 0 Å². The third-order valence-electron chi connectivity index (χ3n) is 6.09. The van der Waals surface area contributed by atoms with Crippen molar-refractivity contribution >= 4 is 15.8 Å². The Morgan fingerprint density at radius 3 is 2.45 bits per heavy atom. The SMILES string of the molecule is Cn1ccnc1C(O)C1CCN(c2ncccc2S(=O)(=O)N2CCCCC2)CC1. The zero-order valence-corrected chi connectivity index (χ0v) is 17.6. The number of hydrogen-bond acceptors (Lipinski definition) is 6. The lowest BCUT2D eigenvalue weighted by Gasteiger charge is -2.36. The van der Waals surface area contributed by atoms with Crippen molar-refractivity contribution in [3.8, 4) is 0 Å². The largest absolute Gasteiger partial charge is 0.385 e. The van der Waals surface area contributed by atoms with Crippen LogP contribution in [0.2, 0.25) is 0 Å². The summed E-state index contributed by atoms with van der Waals surface area (Å²) in [7, 11) is -1.67. The number of aromatic nitrogens is 3. The molecule has 2 fully saturated rings. The fourth-order valence-electron chi connectivity index (χ4n) is 4.37. The second kappa shape index (κ2) is 8.41. The van der Waals surface area contributed by atoms with Crippen LogP contribution >= 0.6 is 0 Å². The van der Waals surface area contributed by atoms with Crippen LogP contribution in [-0.4, -0.2) is 58.5 Å². The Bertz CT molecular complexity index is 931. The summed E-state index contributed by atoms with van der Waals surface area (Å²) in [5, 5.41) is 10.7. The third kappa shape index (κ3) is 4.04. The van der Waals surface area contributed by atoms with Crippen molar-refractivity contribution < 1.29 is 13.5 Å². The van der Waals surface area contributed by atoms with Crippen LogP contribution in [0.4, 0.5) is 5.82 Å². The number of rotatable bonds is 5. The molecule has 0 radical (unpaired) electrons. The summed E-state index contributed by atoms with van der Waals surface area (Å²) >= 11 is 0. The van der Waals surface area contributed by atoms with Gasteiger partial charge in [-0.3, -0.25) is 0 Å². The molecule has 2 aromatic rings. The molecule has 0 amide bonds. The lowest BCUT2D eigenvalue weighted by Crippen LogP contribution is -2.39. The number of imidazole rings is 1. The number of nitrogens with zero attached hydrogens (tertiary/aromatic N) is 5. The normalized spacial score (nSPS) is 20.7. The van der Waals surface area contributed by atoms with Crippen molar-refractivity contribution in [1.82, 2.24) is 18.8 Å². The van der Waals surface area contributed by atoms with Gasteiger partial charge >= 0.3 is 0 Å². The molecule has 0 spiro atoms. The molecule has 0 aromatic carbocycles. The lowest BCUT2D eigenvalue weighted by molar-refractivity contribution is 0.0823. The van der Waals surface area contributed by atoms with Crippen molar-refractivity contribution in [3.63, 3.8) is 0 Å². The minimum absolute atomic E-state index is 0.0956. The first-order chi connectivity index (χ1) is 14.0. The van der Waals surface area contributed by atoms with Crippen LogP contribution in [0.15, 0.2) is 35.6 Å². The van der Waals surface area contributed by atoms with Gasteiger partial charge in [0.05, 0.1) is 0 Å². The van der Waals surface area contributed by atoms with Crippen LogP contribution in [0.25, 0.3) is 0 Å². The minimum Gasteiger partial charge on any atom is -0.385 e. The molecule has 9 heteroatoms. The van der Waals surface area contributed by atoms with Gasteiger partial charge in [-0.15, -0.1) is 0 Å². The van der Waals surface area contributed by atoms with Gasteiger partial charge in [-0.05, 0) is 43.7 Å². The molecule has 8 nitrogen and oxygen atoms in total. The van der Waals surface area contributed by atoms with E-state index in [-0.39, 0.29) is 5.92 Å². The maximum Gasteiger partial charge on any atom is 0.246 e. The van der Waals surface area contributed by atoms with Crippen LogP contribution in [0.3, 0.4) is 0 Å². The first kappa shape index (κ1) is 20.3. The second-order valence-corrected chi connectivity index (χ2v) is 9.86. The van der Waals surface area contributed by atoms with Gasteiger partial charge in [-0.25, -0.2) is 18.4 Å². The molecule has 4 heterocycles. The summed E-state index contributed by atoms with van der Waals surface area (Å²) in [5.74, 6) is 1.30. The van der Waals surface area contributed by atoms with Gasteiger partial charge < -0.3 is 14.6 Å². The van der Waals surface area contributed by atoms with Crippen LogP contribution in [0, 0.1) is 5.92 Å². The number of aliphatic hydroxyl groups excluding tert-OH is 1. The predicted octanol–water partition coefficient (Wildman–Crippen LogP) is 1.94. The summed E-state index contributed by atoms with van der Waals surface area (Å²) in [5.41, 5.74) is 0. The Morgan fingerprint density at radius 2 is 1.79 bits per heavy atom. The molecule has 4 rings (SSSR count). The second-order valence-electron chi connectivity index (χ2n) is 7.96. The van der Waals surface area contributed by atoms with E-state index in [0.717, 1.165) is 32.1 Å². The number of sulfonamides is 1. The predicted molar refractivity (Wildman–Crippen MR) is 110 cm³/mol. The van der Waals surface area contributed by atoms with Crippen molar-refractivity contribution in [2.45, 2.75) is 43.1 Å². The molecule has 2 aliphatic heterocycles. The molecule has 0 aliphatic carbocycles. The summed E-state index contributed by atoms with van der Waals surface area (Å²) in [4.78, 5) is 11.0. The topological polar surface area (TPSA) is 91.6 Å². The minimum atomic E-state index is -3.55. The van der Waals surface area contributed by atoms with Crippen LogP contribution in [-0.2, 0) is 17.1 Å². The standard InChI is InChI=1S/C20H29N5O3S/c1-23-15-10-22-20(23)18(26)16-7-13-24(14-8-16)19-17(6-5-9-21-19)29(27,28)25-11-3-2-4-12-25/h5-6,9-10,15-16,18,26H,2-4,7-8,11-14H2,1H3. The lowest BCUT2D eigenvalue weighted by atomic mass is 9.90. The van der Waals surface area contributed by atoms with Gasteiger partial charge in [-0.2, -0.15) is 4.31 Å². The van der Waals surface area contributed by atoms with Crippen molar-refractivity contribution in [3.05, 3.63) is 36.5 Å². The van der Waals surface area contributed by atoms with E-state index in [2.05, 4.69) is 9.97 Å². The van der Waals surface area contributed by atoms with E-state index in [0.29, 0.717) is 42.7 Å². The van der Waals surface area contributed by atoms with Gasteiger partial charge in [0.2, 0.25) is 10.0 Å². The zero-order chi connectivity index (χ0) is 20.4. The van der Waals surface area contributed by atoms with Crippen molar-refractivity contribution in [2.75, 3.05) is 31.1 Å². The maximum absolute atomic E-state index is 13.2. The number of anilines is 1. The fourth-order valence-corrected chi connectivity index (χ4v) is 6.05. The number of aliphatic hydroxyl groups is 1. The molecule has 2 saturated heterocycles. The molecule has 29 heavy (non-hydrogen) atoms. The van der Waals surface area contributed by atoms with Gasteiger partial charge in [0.1, 0.15) is 22.6 Å². The number of aryl methyl sites for hydroxylation is 1. The van der Waals surface area contributed by atoms with E-state index in [1.54, 1.807) is 28.8 Å². The first-order valence-corrected chi connectivity index (χ1v) is 11.8. The number of piperidine rings is 2. The average Bonchev–Trinajstić information content (AvgIpc) is 3.20. The van der Waals surface area contributed by atoms with Crippen LogP contribution < -0.4 is 4.90 Å². The summed E-state index contributed by atoms with van der Waals surface area (Å²) < 4.78 is 29.9. The molecular weight excluding hydrogens is 390 g/mol. The monoisotopic (exact) mass is 419 g/mol. The molecular formula is C20H29N5O3S. The molecule has 0 bridgehead atoms. The van der Waals surface area contributed by atoms with Crippen LogP contribution in [0.5, 0.6) is 0 Å². The highest BCUT2D eigenvalue weighted by Crippen LogP contribution is 2.34. The molecule has 2 aliphatic rings. The highest BCUT2D eigenvalue weighted by Gasteiger charge is 2.33. The van der Waals surface area contributed by atoms with Crippen molar-refractivity contribution in [2.24, 2.45) is 13.0 Å². The molecule has 1 unspecified atom stereocenters. The van der Waals surface area contributed by atoms with E-state index in [9.17, 15) is 13.5 Å². The highest BCUT2D eigenvalue weighted by atomic mass is 32.2. The Hall–Kier alpha value is -1.97. The van der Waals surface area contributed by atoms with E-state index in [1.807, 2.05) is 22.7 Å². The number of pyridine rings is 1. The number of hydrogen-bond donors (Lipinski definition) is 1. The third-order valence-corrected chi connectivity index (χ3v) is 8.01. The van der Waals surface area contributed by atoms with E-state index >= 15 is 0 Å². The molecule has 1 atom stereocenters. The van der Waals surface area contributed by atoms with Crippen LogP contribution in [0.1, 0.15) is 44.0 Å². The summed E-state index contributed by atoms with van der Waals surface area (Å²) in [6, 6.07) is 3.36. The highest BCUT2D eigenvalue weighted by molar-refractivity contribution is 7.89. The summed E-state index contributed by atoms with van der Waals surface area (Å²) in [6.45, 7) is 2.47. The molecule has 158 valence electrons. The van der Waals surface area contributed by atoms with E-state index in [1.165, 1.54) is 0 Å². The Kier molecular flexibility index (Phi) is 5.89. The molecule has 1 N–H and O–H groups in total. The van der Waals surface area contributed by atoms with Gasteiger partial charge in [0.15, 0.2) is 0 Å². The first-order valence-electron chi connectivity index (χ1n) is 10.3. The fraction of sp³-hybridized carbons (Fsp3) is 0.600.